The Hall–Kier alpha value is -2.82. The number of aliphatic imine (C=N–C) groups is 1. The van der Waals surface area contributed by atoms with Crippen LogP contribution in [0, 0.1) is 0 Å². The SMILES string of the molecule is CCOc1cc2c(cc1OCC)[C@@H]1CCCC[C@@H]1N=C2c1ccc(OC(C)=O)cc1. The van der Waals surface area contributed by atoms with Crippen LogP contribution in [0.1, 0.15) is 69.1 Å². The lowest BCUT2D eigenvalue weighted by Gasteiger charge is -2.36. The monoisotopic (exact) mass is 407 g/mol. The maximum Gasteiger partial charge on any atom is 0.308 e. The Morgan fingerprint density at radius 3 is 2.33 bits per heavy atom. The van der Waals surface area contributed by atoms with Gasteiger partial charge in [-0.2, -0.15) is 0 Å². The van der Waals surface area contributed by atoms with Crippen molar-refractivity contribution in [2.45, 2.75) is 58.4 Å². The van der Waals surface area contributed by atoms with Gasteiger partial charge in [0.15, 0.2) is 11.5 Å². The fourth-order valence-corrected chi connectivity index (χ4v) is 4.56. The molecule has 5 heteroatoms. The number of carbonyl (C=O) groups is 1. The van der Waals surface area contributed by atoms with E-state index in [0.29, 0.717) is 30.9 Å². The van der Waals surface area contributed by atoms with Crippen LogP contribution in [0.4, 0.5) is 0 Å². The number of ether oxygens (including phenoxy) is 3. The molecule has 1 fully saturated rings. The lowest BCUT2D eigenvalue weighted by molar-refractivity contribution is -0.131. The molecule has 1 heterocycles. The van der Waals surface area contributed by atoms with E-state index in [2.05, 4.69) is 12.1 Å². The van der Waals surface area contributed by atoms with Gasteiger partial charge in [-0.05, 0) is 68.7 Å². The number of hydrogen-bond acceptors (Lipinski definition) is 5. The van der Waals surface area contributed by atoms with Crippen molar-refractivity contribution in [1.29, 1.82) is 0 Å². The molecule has 158 valence electrons. The molecule has 0 saturated heterocycles. The van der Waals surface area contributed by atoms with Gasteiger partial charge >= 0.3 is 5.97 Å². The lowest BCUT2D eigenvalue weighted by atomic mass is 9.75. The molecule has 0 aromatic heterocycles. The van der Waals surface area contributed by atoms with Crippen LogP contribution < -0.4 is 14.2 Å². The zero-order valence-electron chi connectivity index (χ0n) is 17.9. The van der Waals surface area contributed by atoms with E-state index in [1.54, 1.807) is 0 Å². The van der Waals surface area contributed by atoms with Crippen LogP contribution in [-0.4, -0.2) is 30.9 Å². The Morgan fingerprint density at radius 2 is 1.67 bits per heavy atom. The van der Waals surface area contributed by atoms with Gasteiger partial charge in [0.25, 0.3) is 0 Å². The molecule has 2 aromatic carbocycles. The minimum atomic E-state index is -0.321. The molecule has 4 rings (SSSR count). The minimum absolute atomic E-state index is 0.293. The van der Waals surface area contributed by atoms with Crippen LogP contribution in [0.25, 0.3) is 0 Å². The average molecular weight is 408 g/mol. The summed E-state index contributed by atoms with van der Waals surface area (Å²) in [6.45, 7) is 6.56. The number of nitrogens with zero attached hydrogens (tertiary/aromatic N) is 1. The molecule has 0 N–H and O–H groups in total. The van der Waals surface area contributed by atoms with Gasteiger partial charge in [0.1, 0.15) is 5.75 Å². The molecule has 1 aliphatic carbocycles. The summed E-state index contributed by atoms with van der Waals surface area (Å²) in [6.07, 6.45) is 4.71. The van der Waals surface area contributed by atoms with Gasteiger partial charge in [-0.3, -0.25) is 9.79 Å². The van der Waals surface area contributed by atoms with Crippen molar-refractivity contribution >= 4 is 11.7 Å². The van der Waals surface area contributed by atoms with Crippen molar-refractivity contribution in [2.75, 3.05) is 13.2 Å². The van der Waals surface area contributed by atoms with Gasteiger partial charge in [-0.15, -0.1) is 0 Å². The third kappa shape index (κ3) is 4.07. The largest absolute Gasteiger partial charge is 0.490 e. The van der Waals surface area contributed by atoms with E-state index < -0.39 is 0 Å². The molecule has 1 saturated carbocycles. The van der Waals surface area contributed by atoms with Crippen LogP contribution in [0.2, 0.25) is 0 Å². The Bertz CT molecular complexity index is 948. The molecular formula is C25H29NO4. The molecule has 5 nitrogen and oxygen atoms in total. The Labute approximate surface area is 178 Å². The van der Waals surface area contributed by atoms with Crippen molar-refractivity contribution < 1.29 is 19.0 Å². The van der Waals surface area contributed by atoms with Gasteiger partial charge in [0.05, 0.1) is 25.0 Å². The second-order valence-corrected chi connectivity index (χ2v) is 7.81. The lowest BCUT2D eigenvalue weighted by Crippen LogP contribution is -2.29. The number of rotatable bonds is 6. The normalized spacial score (nSPS) is 19.9. The smallest absolute Gasteiger partial charge is 0.308 e. The Morgan fingerprint density at radius 1 is 1.00 bits per heavy atom. The van der Waals surface area contributed by atoms with Crippen LogP contribution in [0.5, 0.6) is 17.2 Å². The van der Waals surface area contributed by atoms with Gasteiger partial charge < -0.3 is 14.2 Å². The molecule has 2 aromatic rings. The van der Waals surface area contributed by atoms with Gasteiger partial charge in [0, 0.05) is 24.0 Å². The van der Waals surface area contributed by atoms with Gasteiger partial charge in [-0.25, -0.2) is 0 Å². The van der Waals surface area contributed by atoms with Crippen molar-refractivity contribution in [3.05, 3.63) is 53.1 Å². The quantitative estimate of drug-likeness (QED) is 0.482. The molecule has 1 aliphatic heterocycles. The summed E-state index contributed by atoms with van der Waals surface area (Å²) in [5.41, 5.74) is 4.42. The van der Waals surface area contributed by atoms with Gasteiger partial charge in [0.2, 0.25) is 0 Å². The van der Waals surface area contributed by atoms with Crippen LogP contribution in [0.15, 0.2) is 41.4 Å². The van der Waals surface area contributed by atoms with Crippen molar-refractivity contribution in [2.24, 2.45) is 4.99 Å². The summed E-state index contributed by atoms with van der Waals surface area (Å²) in [5, 5.41) is 0. The second kappa shape index (κ2) is 8.90. The molecule has 0 amide bonds. The van der Waals surface area contributed by atoms with Crippen molar-refractivity contribution in [3.63, 3.8) is 0 Å². The number of carbonyl (C=O) groups excluding carboxylic acids is 1. The summed E-state index contributed by atoms with van der Waals surface area (Å²) in [7, 11) is 0. The van der Waals surface area contributed by atoms with E-state index in [9.17, 15) is 4.79 Å². The first-order valence-corrected chi connectivity index (χ1v) is 10.9. The highest BCUT2D eigenvalue weighted by Gasteiger charge is 2.34. The predicted molar refractivity (Wildman–Crippen MR) is 117 cm³/mol. The maximum absolute atomic E-state index is 11.2. The van der Waals surface area contributed by atoms with Crippen LogP contribution in [-0.2, 0) is 4.79 Å². The van der Waals surface area contributed by atoms with E-state index in [-0.39, 0.29) is 5.97 Å². The molecule has 0 unspecified atom stereocenters. The number of fused-ring (bicyclic) bond motifs is 3. The topological polar surface area (TPSA) is 57.1 Å². The third-order valence-electron chi connectivity index (χ3n) is 5.78. The highest BCUT2D eigenvalue weighted by Crippen LogP contribution is 2.45. The van der Waals surface area contributed by atoms with Gasteiger partial charge in [-0.1, -0.05) is 12.8 Å². The summed E-state index contributed by atoms with van der Waals surface area (Å²) in [4.78, 5) is 16.4. The van der Waals surface area contributed by atoms with E-state index in [4.69, 9.17) is 19.2 Å². The third-order valence-corrected chi connectivity index (χ3v) is 5.78. The first-order valence-electron chi connectivity index (χ1n) is 10.9. The Balaban J connectivity index is 1.80. The second-order valence-electron chi connectivity index (χ2n) is 7.81. The molecule has 2 aliphatic rings. The molecule has 2 atom stereocenters. The molecule has 30 heavy (non-hydrogen) atoms. The zero-order valence-corrected chi connectivity index (χ0v) is 17.9. The standard InChI is InChI=1S/C25H29NO4/c1-4-28-23-14-20-19-8-6-7-9-22(19)26-25(21(20)15-24(23)29-5-2)17-10-12-18(13-11-17)30-16(3)27/h10-15,19,22H,4-9H2,1-3H3/t19-,22-/m0/s1. The minimum Gasteiger partial charge on any atom is -0.490 e. The van der Waals surface area contributed by atoms with Crippen molar-refractivity contribution in [1.82, 2.24) is 0 Å². The fourth-order valence-electron chi connectivity index (χ4n) is 4.56. The number of hydrogen-bond donors (Lipinski definition) is 0. The Kier molecular flexibility index (Phi) is 6.07. The summed E-state index contributed by atoms with van der Waals surface area (Å²) in [6, 6.07) is 12.2. The maximum atomic E-state index is 11.2. The van der Waals surface area contributed by atoms with Crippen LogP contribution >= 0.6 is 0 Å². The summed E-state index contributed by atoms with van der Waals surface area (Å²) < 4.78 is 17.0. The van der Waals surface area contributed by atoms with E-state index >= 15 is 0 Å². The molecular weight excluding hydrogens is 378 g/mol. The first kappa shape index (κ1) is 20.5. The first-order chi connectivity index (χ1) is 14.6. The number of esters is 1. The van der Waals surface area contributed by atoms with E-state index in [1.165, 1.54) is 25.3 Å². The molecule has 0 bridgehead atoms. The summed E-state index contributed by atoms with van der Waals surface area (Å²) >= 11 is 0. The van der Waals surface area contributed by atoms with Crippen LogP contribution in [0.3, 0.4) is 0 Å². The average Bonchev–Trinajstić information content (AvgIpc) is 2.74. The predicted octanol–water partition coefficient (Wildman–Crippen LogP) is 5.29. The van der Waals surface area contributed by atoms with E-state index in [1.807, 2.05) is 38.1 Å². The summed E-state index contributed by atoms with van der Waals surface area (Å²) in [5.74, 6) is 2.22. The fraction of sp³-hybridized carbons (Fsp3) is 0.440. The zero-order chi connectivity index (χ0) is 21.1. The molecule has 0 radical (unpaired) electrons. The molecule has 0 spiro atoms. The van der Waals surface area contributed by atoms with Crippen molar-refractivity contribution in [3.8, 4) is 17.2 Å². The highest BCUT2D eigenvalue weighted by molar-refractivity contribution is 6.15. The highest BCUT2D eigenvalue weighted by atomic mass is 16.5. The number of benzene rings is 2. The van der Waals surface area contributed by atoms with E-state index in [0.717, 1.165) is 41.2 Å².